The standard InChI is InChI=1S/C29H28FNO5.CH4.Na/c30-19-9-7-17(8-10-19)27-23(12-11-20(32)15-21(33)16-26(34)35)28(18-5-6-18)31-29-22-3-1-2-4-25(22)36-14-13-24(27)29;;/h1-4,7-12,18,20-21,32-33H,5-6,13-16H2,(H,34,35);1H4;/q;;+1/p-1/b12-11+;;/t20-,21-;;/m1../s1. The van der Waals surface area contributed by atoms with E-state index < -0.39 is 24.6 Å². The Morgan fingerprint density at radius 2 is 1.87 bits per heavy atom. The van der Waals surface area contributed by atoms with E-state index in [1.54, 1.807) is 24.3 Å². The Bertz CT molecular complexity index is 1310. The zero-order chi connectivity index (χ0) is 25.2. The molecule has 3 aromatic rings. The van der Waals surface area contributed by atoms with Gasteiger partial charge in [-0.3, -0.25) is 4.98 Å². The van der Waals surface area contributed by atoms with Gasteiger partial charge >= 0.3 is 29.6 Å². The van der Waals surface area contributed by atoms with Crippen LogP contribution in [0.4, 0.5) is 4.39 Å². The number of aliphatic hydroxyl groups excluding tert-OH is 2. The van der Waals surface area contributed by atoms with Gasteiger partial charge in [-0.2, -0.15) is 0 Å². The monoisotopic (exact) mass is 527 g/mol. The first-order chi connectivity index (χ1) is 17.4. The largest absolute Gasteiger partial charge is 1.00 e. The van der Waals surface area contributed by atoms with Gasteiger partial charge in [-0.25, -0.2) is 4.39 Å². The second-order valence-electron chi connectivity index (χ2n) is 9.38. The van der Waals surface area contributed by atoms with Crippen molar-refractivity contribution in [2.45, 2.75) is 57.7 Å². The molecule has 2 N–H and O–H groups in total. The molecule has 1 aromatic heterocycles. The zero-order valence-corrected chi connectivity index (χ0v) is 22.7. The summed E-state index contributed by atoms with van der Waals surface area (Å²) in [5, 5.41) is 31.2. The van der Waals surface area contributed by atoms with Crippen LogP contribution in [-0.2, 0) is 11.2 Å². The minimum absolute atomic E-state index is 0. The molecule has 194 valence electrons. The molecule has 8 heteroatoms. The Balaban J connectivity index is 0.00000200. The van der Waals surface area contributed by atoms with Gasteiger partial charge in [0, 0.05) is 42.3 Å². The van der Waals surface area contributed by atoms with Crippen molar-refractivity contribution in [3.63, 3.8) is 0 Å². The number of fused-ring (bicyclic) bond motifs is 3. The fourth-order valence-electron chi connectivity index (χ4n) is 4.80. The summed E-state index contributed by atoms with van der Waals surface area (Å²) in [5.41, 5.74) is 6.26. The van der Waals surface area contributed by atoms with Gasteiger partial charge in [0.05, 0.1) is 30.2 Å². The van der Waals surface area contributed by atoms with Crippen LogP contribution in [0.2, 0.25) is 0 Å². The Labute approximate surface area is 244 Å². The van der Waals surface area contributed by atoms with Crippen LogP contribution >= 0.6 is 0 Å². The van der Waals surface area contributed by atoms with E-state index >= 15 is 0 Å². The number of para-hydroxylation sites is 1. The van der Waals surface area contributed by atoms with Crippen LogP contribution < -0.4 is 39.4 Å². The molecular weight excluding hydrogens is 496 g/mol. The van der Waals surface area contributed by atoms with E-state index in [2.05, 4.69) is 0 Å². The Morgan fingerprint density at radius 1 is 1.16 bits per heavy atom. The number of pyridine rings is 1. The summed E-state index contributed by atoms with van der Waals surface area (Å²) in [4.78, 5) is 15.9. The van der Waals surface area contributed by atoms with Crippen molar-refractivity contribution in [3.8, 4) is 28.1 Å². The van der Waals surface area contributed by atoms with Gasteiger partial charge < -0.3 is 24.9 Å². The maximum Gasteiger partial charge on any atom is 1.00 e. The Hall–Kier alpha value is -2.55. The second kappa shape index (κ2) is 13.0. The van der Waals surface area contributed by atoms with Gasteiger partial charge in [0.1, 0.15) is 11.6 Å². The first kappa shape index (κ1) is 30.0. The third-order valence-electron chi connectivity index (χ3n) is 6.61. The van der Waals surface area contributed by atoms with Crippen molar-refractivity contribution in [2.75, 3.05) is 6.61 Å². The van der Waals surface area contributed by atoms with E-state index in [1.165, 1.54) is 12.1 Å². The number of carboxylic acid groups (broad SMARTS) is 1. The molecule has 0 spiro atoms. The number of benzene rings is 2. The maximum absolute atomic E-state index is 13.8. The number of carbonyl (C=O) groups is 1. The van der Waals surface area contributed by atoms with Gasteiger partial charge in [0.25, 0.3) is 0 Å². The van der Waals surface area contributed by atoms with E-state index in [-0.39, 0.29) is 55.1 Å². The molecular formula is C30H31FNNaO5. The third kappa shape index (κ3) is 6.71. The molecule has 2 aromatic carbocycles. The number of halogens is 1. The number of hydrogen-bond donors (Lipinski definition) is 2. The van der Waals surface area contributed by atoms with Crippen molar-refractivity contribution >= 4 is 12.0 Å². The van der Waals surface area contributed by atoms with Crippen LogP contribution in [0.3, 0.4) is 0 Å². The van der Waals surface area contributed by atoms with E-state index in [0.29, 0.717) is 13.0 Å². The van der Waals surface area contributed by atoms with Gasteiger partial charge in [-0.15, -0.1) is 0 Å². The summed E-state index contributed by atoms with van der Waals surface area (Å²) in [5.74, 6) is -0.655. The van der Waals surface area contributed by atoms with Crippen molar-refractivity contribution in [1.82, 2.24) is 4.98 Å². The molecule has 38 heavy (non-hydrogen) atoms. The van der Waals surface area contributed by atoms with E-state index in [1.807, 2.05) is 24.3 Å². The fourth-order valence-corrected chi connectivity index (χ4v) is 4.80. The molecule has 0 bridgehead atoms. The molecule has 1 fully saturated rings. The zero-order valence-electron chi connectivity index (χ0n) is 20.7. The number of nitrogens with zero attached hydrogens (tertiary/aromatic N) is 1. The SMILES string of the molecule is C.O=C([O-])C[C@H](O)C[C@H](O)/C=C/c1c(C2CC2)nc2c(c1-c1ccc(F)cc1)CCOc1ccccc1-2.[Na+]. The topological polar surface area (TPSA) is 103 Å². The number of rotatable bonds is 8. The summed E-state index contributed by atoms with van der Waals surface area (Å²) in [6, 6.07) is 14.2. The predicted molar refractivity (Wildman–Crippen MR) is 138 cm³/mol. The fraction of sp³-hybridized carbons (Fsp3) is 0.333. The van der Waals surface area contributed by atoms with E-state index in [4.69, 9.17) is 9.72 Å². The van der Waals surface area contributed by atoms with Crippen molar-refractivity contribution < 1.29 is 58.8 Å². The van der Waals surface area contributed by atoms with Gasteiger partial charge in [0.15, 0.2) is 0 Å². The van der Waals surface area contributed by atoms with Crippen molar-refractivity contribution in [1.29, 1.82) is 0 Å². The second-order valence-corrected chi connectivity index (χ2v) is 9.38. The first-order valence-corrected chi connectivity index (χ1v) is 12.2. The van der Waals surface area contributed by atoms with Crippen LogP contribution in [0.5, 0.6) is 5.75 Å². The minimum atomic E-state index is -1.37. The van der Waals surface area contributed by atoms with Gasteiger partial charge in [-0.05, 0) is 53.8 Å². The van der Waals surface area contributed by atoms with Crippen LogP contribution in [0.15, 0.2) is 54.6 Å². The van der Waals surface area contributed by atoms with Crippen LogP contribution in [0.25, 0.3) is 28.5 Å². The quantitative estimate of drug-likeness (QED) is 0.428. The summed E-state index contributed by atoms with van der Waals surface area (Å²) in [6.45, 7) is 0.462. The molecule has 1 aliphatic carbocycles. The number of carbonyl (C=O) groups excluding carboxylic acids is 1. The van der Waals surface area contributed by atoms with E-state index in [9.17, 15) is 24.5 Å². The molecule has 0 radical (unpaired) electrons. The molecule has 1 aliphatic heterocycles. The molecule has 5 rings (SSSR count). The first-order valence-electron chi connectivity index (χ1n) is 12.2. The number of aliphatic carboxylic acids is 1. The van der Waals surface area contributed by atoms with Crippen molar-refractivity contribution in [3.05, 3.63) is 77.2 Å². The predicted octanol–water partition coefficient (Wildman–Crippen LogP) is 1.27. The average Bonchev–Trinajstić information content (AvgIpc) is 3.69. The van der Waals surface area contributed by atoms with Crippen LogP contribution in [0.1, 0.15) is 55.8 Å². The molecule has 0 unspecified atom stereocenters. The average molecular weight is 528 g/mol. The molecule has 2 aliphatic rings. The Kier molecular flexibility index (Phi) is 10.3. The Morgan fingerprint density at radius 3 is 2.55 bits per heavy atom. The van der Waals surface area contributed by atoms with Crippen LogP contribution in [-0.4, -0.2) is 40.0 Å². The summed E-state index contributed by atoms with van der Waals surface area (Å²) < 4.78 is 19.9. The smallest absolute Gasteiger partial charge is 0.550 e. The number of ether oxygens (including phenoxy) is 1. The third-order valence-corrected chi connectivity index (χ3v) is 6.61. The maximum atomic E-state index is 13.8. The molecule has 1 saturated carbocycles. The van der Waals surface area contributed by atoms with Crippen molar-refractivity contribution in [2.24, 2.45) is 0 Å². The van der Waals surface area contributed by atoms with Crippen LogP contribution in [0, 0.1) is 5.82 Å². The minimum Gasteiger partial charge on any atom is -0.550 e. The molecule has 2 heterocycles. The van der Waals surface area contributed by atoms with Gasteiger partial charge in [0.2, 0.25) is 0 Å². The molecule has 0 amide bonds. The van der Waals surface area contributed by atoms with Gasteiger partial charge in [-0.1, -0.05) is 43.8 Å². The summed E-state index contributed by atoms with van der Waals surface area (Å²) >= 11 is 0. The molecule has 2 atom stereocenters. The number of aromatic nitrogens is 1. The van der Waals surface area contributed by atoms with E-state index in [0.717, 1.165) is 57.8 Å². The number of carboxylic acids is 1. The summed E-state index contributed by atoms with van der Waals surface area (Å²) in [6.07, 6.45) is 3.01. The molecule has 0 saturated heterocycles. The number of aliphatic hydroxyl groups is 2. The molecule has 6 nitrogen and oxygen atoms in total. The summed E-state index contributed by atoms with van der Waals surface area (Å²) in [7, 11) is 0. The number of hydrogen-bond acceptors (Lipinski definition) is 6. The normalized spacial score (nSPS) is 15.7.